The van der Waals surface area contributed by atoms with E-state index in [1.807, 2.05) is 0 Å². The average Bonchev–Trinajstić information content (AvgIpc) is 2.80. The summed E-state index contributed by atoms with van der Waals surface area (Å²) in [5.41, 5.74) is 0. The van der Waals surface area contributed by atoms with Gasteiger partial charge in [0.05, 0.1) is 12.9 Å². The topological polar surface area (TPSA) is 93.8 Å². The average molecular weight is 302 g/mol. The van der Waals surface area contributed by atoms with E-state index in [1.165, 1.54) is 18.4 Å². The Kier molecular flexibility index (Phi) is 4.58. The Bertz CT molecular complexity index is 524. The second kappa shape index (κ2) is 5.61. The normalized spacial score (nSPS) is 14.1. The van der Waals surface area contributed by atoms with Gasteiger partial charge in [-0.15, -0.1) is 0 Å². The molecule has 0 aliphatic carbocycles. The summed E-state index contributed by atoms with van der Waals surface area (Å²) in [5, 5.41) is -4.95. The zero-order chi connectivity index (χ0) is 14.7. The lowest BCUT2D eigenvalue weighted by Gasteiger charge is -2.17. The van der Waals surface area contributed by atoms with Crippen LogP contribution in [0.4, 0.5) is 13.2 Å². The highest BCUT2D eigenvalue weighted by atomic mass is 32.2. The van der Waals surface area contributed by atoms with Crippen LogP contribution in [0.15, 0.2) is 22.8 Å². The van der Waals surface area contributed by atoms with Crippen LogP contribution < -0.4 is 0 Å². The molecule has 1 aromatic rings. The maximum Gasteiger partial charge on any atom is 0.400 e. The van der Waals surface area contributed by atoms with E-state index in [2.05, 4.69) is 9.15 Å². The third kappa shape index (κ3) is 3.70. The van der Waals surface area contributed by atoms with Crippen LogP contribution in [0.2, 0.25) is 0 Å². The molecule has 1 heterocycles. The number of carbonyl (C=O) groups is 1. The van der Waals surface area contributed by atoms with Crippen molar-refractivity contribution in [2.45, 2.75) is 17.8 Å². The lowest BCUT2D eigenvalue weighted by atomic mass is 10.3. The van der Waals surface area contributed by atoms with Crippen LogP contribution in [0.3, 0.4) is 0 Å². The van der Waals surface area contributed by atoms with Gasteiger partial charge in [0.15, 0.2) is 6.17 Å². The highest BCUT2D eigenvalue weighted by molar-refractivity contribution is 7.86. The van der Waals surface area contributed by atoms with Crippen LogP contribution >= 0.6 is 0 Å². The lowest BCUT2D eigenvalue weighted by molar-refractivity contribution is -0.0167. The Morgan fingerprint density at radius 3 is 2.63 bits per heavy atom. The minimum absolute atomic E-state index is 0.211. The summed E-state index contributed by atoms with van der Waals surface area (Å²) in [5.74, 6) is -1.22. The first kappa shape index (κ1) is 15.5. The van der Waals surface area contributed by atoms with E-state index in [0.29, 0.717) is 0 Å². The van der Waals surface area contributed by atoms with Gasteiger partial charge in [-0.1, -0.05) is 0 Å². The van der Waals surface area contributed by atoms with Crippen molar-refractivity contribution in [1.29, 1.82) is 0 Å². The fourth-order valence-corrected chi connectivity index (χ4v) is 1.49. The van der Waals surface area contributed by atoms with Crippen molar-refractivity contribution in [1.82, 2.24) is 0 Å². The molecular weight excluding hydrogens is 293 g/mol. The van der Waals surface area contributed by atoms with Crippen LogP contribution in [0.1, 0.15) is 17.0 Å². The number of hydrogen-bond donors (Lipinski definition) is 1. The SMILES string of the molecule is O=C(OCCC(F)C(F)(F)S(=O)(=O)O)c1ccco1. The van der Waals surface area contributed by atoms with Crippen LogP contribution in [-0.4, -0.2) is 37.0 Å². The maximum atomic E-state index is 13.0. The zero-order valence-corrected chi connectivity index (χ0v) is 10.1. The molecule has 1 unspecified atom stereocenters. The standard InChI is InChI=1S/C9H9F3O6S/c10-7(9(11,12)19(14,15)16)3-5-18-8(13)6-2-1-4-17-6/h1-2,4,7H,3,5H2,(H,14,15,16). The van der Waals surface area contributed by atoms with Crippen LogP contribution in [0.5, 0.6) is 0 Å². The molecule has 108 valence electrons. The molecule has 0 aromatic carbocycles. The fraction of sp³-hybridized carbons (Fsp3) is 0.444. The molecule has 0 fully saturated rings. The number of rotatable bonds is 6. The van der Waals surface area contributed by atoms with Crippen molar-refractivity contribution < 1.29 is 40.1 Å². The summed E-state index contributed by atoms with van der Waals surface area (Å²) in [7, 11) is -5.86. The Hall–Kier alpha value is -1.55. The molecule has 0 saturated heterocycles. The number of hydrogen-bond acceptors (Lipinski definition) is 5. The quantitative estimate of drug-likeness (QED) is 0.634. The fourth-order valence-electron chi connectivity index (χ4n) is 1.05. The Morgan fingerprint density at radius 1 is 1.53 bits per heavy atom. The summed E-state index contributed by atoms with van der Waals surface area (Å²) >= 11 is 0. The van der Waals surface area contributed by atoms with Gasteiger partial charge in [0.2, 0.25) is 5.76 Å². The van der Waals surface area contributed by atoms with Crippen LogP contribution in [0, 0.1) is 0 Å². The minimum Gasteiger partial charge on any atom is -0.460 e. The molecule has 0 spiro atoms. The smallest absolute Gasteiger partial charge is 0.400 e. The number of carbonyl (C=O) groups excluding carboxylic acids is 1. The summed E-state index contributed by atoms with van der Waals surface area (Å²) < 4.78 is 76.0. The first-order valence-corrected chi connectivity index (χ1v) is 6.30. The largest absolute Gasteiger partial charge is 0.460 e. The van der Waals surface area contributed by atoms with Gasteiger partial charge in [-0.2, -0.15) is 17.2 Å². The minimum atomic E-state index is -5.86. The number of furan rings is 1. The second-order valence-electron chi connectivity index (χ2n) is 3.41. The summed E-state index contributed by atoms with van der Waals surface area (Å²) in [4.78, 5) is 11.1. The van der Waals surface area contributed by atoms with Gasteiger partial charge < -0.3 is 9.15 Å². The number of halogens is 3. The first-order valence-electron chi connectivity index (χ1n) is 4.86. The molecule has 0 bridgehead atoms. The molecule has 19 heavy (non-hydrogen) atoms. The monoisotopic (exact) mass is 302 g/mol. The van der Waals surface area contributed by atoms with E-state index in [0.717, 1.165) is 0 Å². The van der Waals surface area contributed by atoms with Gasteiger partial charge in [0, 0.05) is 6.42 Å². The van der Waals surface area contributed by atoms with Gasteiger partial charge in [0.25, 0.3) is 0 Å². The van der Waals surface area contributed by atoms with Crippen LogP contribution in [-0.2, 0) is 14.9 Å². The molecule has 1 rings (SSSR count). The van der Waals surface area contributed by atoms with E-state index in [-0.39, 0.29) is 5.76 Å². The molecule has 1 aromatic heterocycles. The molecule has 0 radical (unpaired) electrons. The first-order chi connectivity index (χ1) is 8.66. The Balaban J connectivity index is 2.48. The highest BCUT2D eigenvalue weighted by Gasteiger charge is 2.52. The summed E-state index contributed by atoms with van der Waals surface area (Å²) in [6.07, 6.45) is -3.13. The molecule has 0 aliphatic heterocycles. The molecule has 1 N–H and O–H groups in total. The molecule has 0 saturated carbocycles. The number of alkyl halides is 3. The second-order valence-corrected chi connectivity index (χ2v) is 4.90. The van der Waals surface area contributed by atoms with Crippen molar-refractivity contribution in [3.05, 3.63) is 24.2 Å². The maximum absolute atomic E-state index is 13.0. The Labute approximate surface area is 105 Å². The summed E-state index contributed by atoms with van der Waals surface area (Å²) in [6, 6.07) is 2.61. The highest BCUT2D eigenvalue weighted by Crippen LogP contribution is 2.29. The summed E-state index contributed by atoms with van der Waals surface area (Å²) in [6.45, 7) is -0.800. The van der Waals surface area contributed by atoms with Gasteiger partial charge in [-0.3, -0.25) is 4.55 Å². The molecule has 0 amide bonds. The molecular formula is C9H9F3O6S. The van der Waals surface area contributed by atoms with Gasteiger partial charge in [0.1, 0.15) is 0 Å². The Morgan fingerprint density at radius 2 is 2.16 bits per heavy atom. The van der Waals surface area contributed by atoms with E-state index in [9.17, 15) is 26.4 Å². The van der Waals surface area contributed by atoms with E-state index < -0.39 is 40.5 Å². The molecule has 10 heteroatoms. The predicted octanol–water partition coefficient (Wildman–Crippen LogP) is 1.65. The third-order valence-electron chi connectivity index (χ3n) is 2.04. The van der Waals surface area contributed by atoms with E-state index in [4.69, 9.17) is 4.55 Å². The lowest BCUT2D eigenvalue weighted by Crippen LogP contribution is -2.39. The number of esters is 1. The van der Waals surface area contributed by atoms with Crippen molar-refractivity contribution in [2.24, 2.45) is 0 Å². The van der Waals surface area contributed by atoms with Crippen molar-refractivity contribution >= 4 is 16.1 Å². The van der Waals surface area contributed by atoms with Gasteiger partial charge in [-0.05, 0) is 12.1 Å². The van der Waals surface area contributed by atoms with Crippen LogP contribution in [0.25, 0.3) is 0 Å². The predicted molar refractivity (Wildman–Crippen MR) is 55.0 cm³/mol. The molecule has 0 aliphatic rings. The van der Waals surface area contributed by atoms with Crippen molar-refractivity contribution in [2.75, 3.05) is 6.61 Å². The van der Waals surface area contributed by atoms with E-state index in [1.54, 1.807) is 0 Å². The molecule has 6 nitrogen and oxygen atoms in total. The van der Waals surface area contributed by atoms with Gasteiger partial charge >= 0.3 is 21.3 Å². The van der Waals surface area contributed by atoms with Crippen molar-refractivity contribution in [3.63, 3.8) is 0 Å². The molecule has 1 atom stereocenters. The van der Waals surface area contributed by atoms with Gasteiger partial charge in [-0.25, -0.2) is 9.18 Å². The zero-order valence-electron chi connectivity index (χ0n) is 9.25. The van der Waals surface area contributed by atoms with Crippen molar-refractivity contribution in [3.8, 4) is 0 Å². The van der Waals surface area contributed by atoms with E-state index >= 15 is 0 Å². The number of ether oxygens (including phenoxy) is 1. The third-order valence-corrected chi connectivity index (χ3v) is 2.98.